The molecule has 4 rings (SSSR count). The lowest BCUT2D eigenvalue weighted by molar-refractivity contribution is -0.134. The minimum absolute atomic E-state index is 0.0222. The highest BCUT2D eigenvalue weighted by Gasteiger charge is 2.53. The monoisotopic (exact) mass is 311 g/mol. The van der Waals surface area contributed by atoms with E-state index in [4.69, 9.17) is 4.74 Å². The molecule has 0 spiro atoms. The second-order valence-electron chi connectivity index (χ2n) is 7.59. The number of piperidine rings is 1. The van der Waals surface area contributed by atoms with Gasteiger partial charge in [-0.3, -0.25) is 4.79 Å². The predicted molar refractivity (Wildman–Crippen MR) is 89.7 cm³/mol. The van der Waals surface area contributed by atoms with E-state index in [1.165, 1.54) is 11.1 Å². The van der Waals surface area contributed by atoms with Crippen molar-refractivity contribution < 1.29 is 9.53 Å². The van der Waals surface area contributed by atoms with Crippen LogP contribution in [0.5, 0.6) is 0 Å². The van der Waals surface area contributed by atoms with Gasteiger partial charge in [-0.05, 0) is 36.3 Å². The van der Waals surface area contributed by atoms with Crippen molar-refractivity contribution in [2.45, 2.75) is 45.3 Å². The Hall–Kier alpha value is -1.77. The minimum Gasteiger partial charge on any atom is -0.497 e. The Morgan fingerprint density at radius 1 is 1.17 bits per heavy atom. The van der Waals surface area contributed by atoms with Crippen molar-refractivity contribution in [1.29, 1.82) is 0 Å². The third-order valence-corrected chi connectivity index (χ3v) is 6.37. The van der Waals surface area contributed by atoms with E-state index in [1.54, 1.807) is 0 Å². The summed E-state index contributed by atoms with van der Waals surface area (Å²) in [5.41, 5.74) is 2.66. The number of carbonyl (C=O) groups is 1. The van der Waals surface area contributed by atoms with Gasteiger partial charge in [-0.25, -0.2) is 0 Å². The van der Waals surface area contributed by atoms with E-state index in [2.05, 4.69) is 50.4 Å². The molecule has 1 aromatic rings. The molecule has 2 fully saturated rings. The van der Waals surface area contributed by atoms with Crippen LogP contribution in [0.2, 0.25) is 0 Å². The van der Waals surface area contributed by atoms with Gasteiger partial charge in [-0.1, -0.05) is 44.2 Å². The third-order valence-electron chi connectivity index (χ3n) is 6.37. The van der Waals surface area contributed by atoms with Gasteiger partial charge in [-0.15, -0.1) is 0 Å². The number of amides is 1. The molecule has 0 bridgehead atoms. The van der Waals surface area contributed by atoms with E-state index in [-0.39, 0.29) is 24.0 Å². The van der Waals surface area contributed by atoms with Gasteiger partial charge < -0.3 is 10.1 Å². The fraction of sp³-hybridized carbons (Fsp3) is 0.550. The molecular formula is C20H25NO2. The topological polar surface area (TPSA) is 38.3 Å². The van der Waals surface area contributed by atoms with Crippen LogP contribution in [-0.4, -0.2) is 18.1 Å². The van der Waals surface area contributed by atoms with Crippen molar-refractivity contribution in [3.05, 3.63) is 47.7 Å². The maximum absolute atomic E-state index is 12.6. The third kappa shape index (κ3) is 2.20. The molecule has 7 unspecified atom stereocenters. The summed E-state index contributed by atoms with van der Waals surface area (Å²) in [6.45, 7) is 6.49. The summed E-state index contributed by atoms with van der Waals surface area (Å²) in [6, 6.07) is 10.8. The molecule has 3 heteroatoms. The molecule has 7 atom stereocenters. The minimum atomic E-state index is 0.0222. The summed E-state index contributed by atoms with van der Waals surface area (Å²) < 4.78 is 5.92. The molecule has 1 saturated carbocycles. The van der Waals surface area contributed by atoms with Crippen molar-refractivity contribution in [2.75, 3.05) is 0 Å². The fourth-order valence-electron chi connectivity index (χ4n) is 5.12. The van der Waals surface area contributed by atoms with Gasteiger partial charge in [-0.2, -0.15) is 0 Å². The van der Waals surface area contributed by atoms with E-state index in [9.17, 15) is 4.79 Å². The summed E-state index contributed by atoms with van der Waals surface area (Å²) in [7, 11) is 0. The Balaban J connectivity index is 1.73. The first kappa shape index (κ1) is 14.8. The molecule has 1 N–H and O–H groups in total. The van der Waals surface area contributed by atoms with Crippen LogP contribution >= 0.6 is 0 Å². The van der Waals surface area contributed by atoms with Crippen LogP contribution in [0.25, 0.3) is 0 Å². The summed E-state index contributed by atoms with van der Waals surface area (Å²) >= 11 is 0. The molecule has 1 amide bonds. The lowest BCUT2D eigenvalue weighted by Gasteiger charge is -2.51. The summed E-state index contributed by atoms with van der Waals surface area (Å²) in [5, 5.41) is 3.30. The SMILES string of the molecule is CC1=COC2C1CC1C(NC(=O)C(C)C1c1ccccc1)C2C. The number of fused-ring (bicyclic) bond motifs is 2. The molecule has 1 saturated heterocycles. The second kappa shape index (κ2) is 5.40. The van der Waals surface area contributed by atoms with Crippen molar-refractivity contribution >= 4 is 5.91 Å². The number of benzene rings is 1. The lowest BCUT2D eigenvalue weighted by Crippen LogP contribution is -2.60. The van der Waals surface area contributed by atoms with Crippen LogP contribution in [0.3, 0.4) is 0 Å². The Morgan fingerprint density at radius 2 is 1.91 bits per heavy atom. The summed E-state index contributed by atoms with van der Waals surface area (Å²) in [5.74, 6) is 1.83. The fourth-order valence-corrected chi connectivity index (χ4v) is 5.12. The normalized spacial score (nSPS) is 42.1. The molecule has 2 aliphatic heterocycles. The molecule has 2 heterocycles. The quantitative estimate of drug-likeness (QED) is 0.862. The number of hydrogen-bond donors (Lipinski definition) is 1. The van der Waals surface area contributed by atoms with Crippen LogP contribution in [-0.2, 0) is 9.53 Å². The van der Waals surface area contributed by atoms with Crippen molar-refractivity contribution in [3.8, 4) is 0 Å². The van der Waals surface area contributed by atoms with Gasteiger partial charge in [0.1, 0.15) is 6.10 Å². The highest BCUT2D eigenvalue weighted by Crippen LogP contribution is 2.50. The highest BCUT2D eigenvalue weighted by atomic mass is 16.5. The Morgan fingerprint density at radius 3 is 2.65 bits per heavy atom. The maximum atomic E-state index is 12.6. The van der Waals surface area contributed by atoms with Gasteiger partial charge in [0.2, 0.25) is 5.91 Å². The standard InChI is InChI=1S/C20H25NO2/c1-11-10-23-19-13(3)18-16(9-15(11)19)17(12(2)20(22)21-18)14-7-5-4-6-8-14/h4-8,10,12-13,15-19H,9H2,1-3H3,(H,21,22). The Labute approximate surface area is 138 Å². The first-order valence-corrected chi connectivity index (χ1v) is 8.75. The second-order valence-corrected chi connectivity index (χ2v) is 7.59. The van der Waals surface area contributed by atoms with E-state index < -0.39 is 0 Å². The molecule has 122 valence electrons. The largest absolute Gasteiger partial charge is 0.497 e. The van der Waals surface area contributed by atoms with Gasteiger partial charge in [0.25, 0.3) is 0 Å². The number of ether oxygens (including phenoxy) is 1. The average molecular weight is 311 g/mol. The number of nitrogens with one attached hydrogen (secondary N) is 1. The Kier molecular flexibility index (Phi) is 3.47. The molecular weight excluding hydrogens is 286 g/mol. The molecule has 0 aromatic heterocycles. The first-order valence-electron chi connectivity index (χ1n) is 8.75. The number of carbonyl (C=O) groups excluding carboxylic acids is 1. The van der Waals surface area contributed by atoms with Gasteiger partial charge in [0.15, 0.2) is 0 Å². The zero-order valence-electron chi connectivity index (χ0n) is 14.0. The van der Waals surface area contributed by atoms with E-state index >= 15 is 0 Å². The first-order chi connectivity index (χ1) is 11.1. The summed E-state index contributed by atoms with van der Waals surface area (Å²) in [4.78, 5) is 12.6. The van der Waals surface area contributed by atoms with E-state index in [1.807, 2.05) is 12.3 Å². The van der Waals surface area contributed by atoms with Crippen LogP contribution in [0.1, 0.15) is 38.7 Å². The smallest absolute Gasteiger partial charge is 0.223 e. The van der Waals surface area contributed by atoms with Crippen molar-refractivity contribution in [2.24, 2.45) is 23.7 Å². The predicted octanol–water partition coefficient (Wildman–Crippen LogP) is 3.48. The molecule has 23 heavy (non-hydrogen) atoms. The van der Waals surface area contributed by atoms with E-state index in [0.717, 1.165) is 6.42 Å². The Bertz CT molecular complexity index is 638. The summed E-state index contributed by atoms with van der Waals surface area (Å²) in [6.07, 6.45) is 3.26. The van der Waals surface area contributed by atoms with E-state index in [0.29, 0.717) is 23.7 Å². The van der Waals surface area contributed by atoms with Crippen LogP contribution in [0.15, 0.2) is 42.2 Å². The molecule has 1 aromatic carbocycles. The molecule has 3 nitrogen and oxygen atoms in total. The van der Waals surface area contributed by atoms with Crippen LogP contribution < -0.4 is 5.32 Å². The molecule has 3 aliphatic rings. The van der Waals surface area contributed by atoms with Gasteiger partial charge in [0, 0.05) is 23.8 Å². The zero-order chi connectivity index (χ0) is 16.1. The zero-order valence-corrected chi connectivity index (χ0v) is 14.0. The average Bonchev–Trinajstić information content (AvgIpc) is 2.92. The van der Waals surface area contributed by atoms with Crippen LogP contribution in [0, 0.1) is 23.7 Å². The number of rotatable bonds is 1. The lowest BCUT2D eigenvalue weighted by atomic mass is 9.59. The number of hydrogen-bond acceptors (Lipinski definition) is 2. The molecule has 0 radical (unpaired) electrons. The molecule has 1 aliphatic carbocycles. The van der Waals surface area contributed by atoms with Gasteiger partial charge in [0.05, 0.1) is 6.26 Å². The van der Waals surface area contributed by atoms with Crippen molar-refractivity contribution in [3.63, 3.8) is 0 Å². The van der Waals surface area contributed by atoms with Gasteiger partial charge >= 0.3 is 0 Å². The maximum Gasteiger partial charge on any atom is 0.223 e. The van der Waals surface area contributed by atoms with Crippen molar-refractivity contribution in [1.82, 2.24) is 5.32 Å². The highest BCUT2D eigenvalue weighted by molar-refractivity contribution is 5.81. The van der Waals surface area contributed by atoms with Crippen LogP contribution in [0.4, 0.5) is 0 Å².